The number of hydrogen-bond donors (Lipinski definition) is 4. The van der Waals surface area contributed by atoms with Crippen molar-refractivity contribution in [3.63, 3.8) is 0 Å². The van der Waals surface area contributed by atoms with Crippen molar-refractivity contribution in [1.29, 1.82) is 0 Å². The second-order valence-corrected chi connectivity index (χ2v) is 4.47. The van der Waals surface area contributed by atoms with Gasteiger partial charge in [0.05, 0.1) is 19.3 Å². The van der Waals surface area contributed by atoms with Crippen LogP contribution < -0.4 is 0 Å². The predicted octanol–water partition coefficient (Wildman–Crippen LogP) is -0.926. The van der Waals surface area contributed by atoms with Gasteiger partial charge in [0.2, 0.25) is 0 Å². The Kier molecular flexibility index (Phi) is 4.80. The molecule has 108 valence electrons. The zero-order valence-electron chi connectivity index (χ0n) is 10.7. The molecule has 2 aromatic rings. The summed E-state index contributed by atoms with van der Waals surface area (Å²) in [6.07, 6.45) is -3.02. The second kappa shape index (κ2) is 6.58. The molecule has 0 amide bonds. The molecule has 0 radical (unpaired) electrons. The van der Waals surface area contributed by atoms with Gasteiger partial charge < -0.3 is 20.4 Å². The Bertz CT molecular complexity index is 531. The van der Waals surface area contributed by atoms with E-state index in [0.29, 0.717) is 6.54 Å². The van der Waals surface area contributed by atoms with E-state index >= 15 is 0 Å². The molecule has 0 saturated carbocycles. The topological polar surface area (TPSA) is 112 Å². The van der Waals surface area contributed by atoms with E-state index in [1.54, 1.807) is 0 Å². The highest BCUT2D eigenvalue weighted by Crippen LogP contribution is 2.16. The molecule has 1 aromatic heterocycles. The molecule has 0 aliphatic carbocycles. The molecule has 2 rings (SSSR count). The van der Waals surface area contributed by atoms with Crippen molar-refractivity contribution in [2.75, 3.05) is 6.61 Å². The molecule has 0 saturated heterocycles. The summed E-state index contributed by atoms with van der Waals surface area (Å²) in [6, 6.07) is 9.54. The zero-order chi connectivity index (χ0) is 14.5. The molecule has 4 N–H and O–H groups in total. The smallest absolute Gasteiger partial charge is 0.128 e. The molecule has 7 nitrogen and oxygen atoms in total. The number of aromatic nitrogens is 3. The lowest BCUT2D eigenvalue weighted by Crippen LogP contribution is -2.35. The third-order valence-electron chi connectivity index (χ3n) is 2.93. The van der Waals surface area contributed by atoms with Gasteiger partial charge in [-0.3, -0.25) is 0 Å². The summed E-state index contributed by atoms with van der Waals surface area (Å²) in [6.45, 7) is -0.206. The Hall–Kier alpha value is -1.80. The number of aliphatic hydroxyl groups excluding tert-OH is 4. The van der Waals surface area contributed by atoms with Crippen molar-refractivity contribution < 1.29 is 20.4 Å². The molecule has 0 unspecified atom stereocenters. The predicted molar refractivity (Wildman–Crippen MR) is 69.6 cm³/mol. The average molecular weight is 279 g/mol. The first-order valence-electron chi connectivity index (χ1n) is 6.21. The Morgan fingerprint density at radius 1 is 1.10 bits per heavy atom. The molecule has 0 aliphatic heterocycles. The van der Waals surface area contributed by atoms with Gasteiger partial charge in [-0.1, -0.05) is 30.3 Å². The summed E-state index contributed by atoms with van der Waals surface area (Å²) >= 11 is 0. The number of benzene rings is 1. The molecule has 0 aliphatic rings. The van der Waals surface area contributed by atoms with Crippen LogP contribution in [0.15, 0.2) is 36.5 Å². The minimum atomic E-state index is -1.51. The lowest BCUT2D eigenvalue weighted by atomic mass is 10.1. The van der Waals surface area contributed by atoms with Crippen molar-refractivity contribution in [2.24, 2.45) is 0 Å². The van der Waals surface area contributed by atoms with Gasteiger partial charge in [0.1, 0.15) is 24.0 Å². The van der Waals surface area contributed by atoms with E-state index in [1.807, 2.05) is 30.3 Å². The first-order valence-corrected chi connectivity index (χ1v) is 6.21. The fraction of sp³-hybridized carbons (Fsp3) is 0.385. The normalized spacial score (nSPS) is 15.8. The van der Waals surface area contributed by atoms with Crippen molar-refractivity contribution in [1.82, 2.24) is 15.0 Å². The summed E-state index contributed by atoms with van der Waals surface area (Å²) < 4.78 is 0. The maximum Gasteiger partial charge on any atom is 0.128 e. The van der Waals surface area contributed by atoms with Gasteiger partial charge in [-0.25, -0.2) is 0 Å². The number of hydrogen-bond acceptors (Lipinski definition) is 6. The highest BCUT2D eigenvalue weighted by atomic mass is 16.4. The van der Waals surface area contributed by atoms with Gasteiger partial charge in [0, 0.05) is 0 Å². The van der Waals surface area contributed by atoms with Gasteiger partial charge in [-0.05, 0) is 5.56 Å². The lowest BCUT2D eigenvalue weighted by Gasteiger charge is -2.19. The molecule has 3 atom stereocenters. The molecule has 0 bridgehead atoms. The number of nitrogens with zero attached hydrogens (tertiary/aromatic N) is 3. The number of rotatable bonds is 6. The van der Waals surface area contributed by atoms with E-state index in [4.69, 9.17) is 5.11 Å². The minimum absolute atomic E-state index is 0.140. The van der Waals surface area contributed by atoms with Gasteiger partial charge in [-0.15, -0.1) is 0 Å². The molecule has 0 fully saturated rings. The Labute approximate surface area is 115 Å². The second-order valence-electron chi connectivity index (χ2n) is 4.47. The molecule has 1 heterocycles. The van der Waals surface area contributed by atoms with Crippen LogP contribution in [-0.4, -0.2) is 54.2 Å². The fourth-order valence-electron chi connectivity index (χ4n) is 1.76. The molecule has 0 spiro atoms. The summed E-state index contributed by atoms with van der Waals surface area (Å²) in [4.78, 5) is 1.38. The van der Waals surface area contributed by atoms with E-state index in [-0.39, 0.29) is 5.69 Å². The molecule has 7 heteroatoms. The SMILES string of the molecule is OC[C@@H](O)[C@@H](O)[C@H](O)c1cnn(Cc2ccccc2)n1. The fourth-order valence-corrected chi connectivity index (χ4v) is 1.76. The van der Waals surface area contributed by atoms with Crippen LogP contribution in [0.2, 0.25) is 0 Å². The first kappa shape index (κ1) is 14.6. The quantitative estimate of drug-likeness (QED) is 0.544. The average Bonchev–Trinajstić information content (AvgIpc) is 2.94. The standard InChI is InChI=1S/C13H17N3O4/c17-8-11(18)13(20)12(19)10-6-14-16(15-10)7-9-4-2-1-3-5-9/h1-6,11-13,17-20H,7-8H2/t11-,12-,13-/m1/s1. The maximum absolute atomic E-state index is 9.83. The van der Waals surface area contributed by atoms with Crippen LogP contribution in [-0.2, 0) is 6.54 Å². The van der Waals surface area contributed by atoms with Crippen LogP contribution in [0.25, 0.3) is 0 Å². The van der Waals surface area contributed by atoms with Crippen molar-refractivity contribution in [3.8, 4) is 0 Å². The molecular weight excluding hydrogens is 262 g/mol. The highest BCUT2D eigenvalue weighted by molar-refractivity contribution is 5.14. The Morgan fingerprint density at radius 3 is 2.45 bits per heavy atom. The summed E-state index contributed by atoms with van der Waals surface area (Å²) in [7, 11) is 0. The zero-order valence-corrected chi connectivity index (χ0v) is 10.7. The van der Waals surface area contributed by atoms with Gasteiger partial charge in [0.15, 0.2) is 0 Å². The van der Waals surface area contributed by atoms with Crippen LogP contribution in [0.1, 0.15) is 17.4 Å². The van der Waals surface area contributed by atoms with E-state index < -0.39 is 24.9 Å². The van der Waals surface area contributed by atoms with E-state index in [2.05, 4.69) is 10.2 Å². The van der Waals surface area contributed by atoms with Crippen LogP contribution in [0.5, 0.6) is 0 Å². The largest absolute Gasteiger partial charge is 0.394 e. The first-order chi connectivity index (χ1) is 9.61. The summed E-state index contributed by atoms with van der Waals surface area (Å²) in [5.74, 6) is 0. The third kappa shape index (κ3) is 3.40. The Balaban J connectivity index is 2.05. The van der Waals surface area contributed by atoms with Crippen LogP contribution in [0.4, 0.5) is 0 Å². The van der Waals surface area contributed by atoms with Crippen molar-refractivity contribution in [3.05, 3.63) is 47.8 Å². The van der Waals surface area contributed by atoms with Crippen LogP contribution in [0, 0.1) is 0 Å². The van der Waals surface area contributed by atoms with Crippen molar-refractivity contribution >= 4 is 0 Å². The lowest BCUT2D eigenvalue weighted by molar-refractivity contribution is -0.0790. The summed E-state index contributed by atoms with van der Waals surface area (Å²) in [5, 5.41) is 45.5. The Morgan fingerprint density at radius 2 is 1.80 bits per heavy atom. The molecule has 20 heavy (non-hydrogen) atoms. The van der Waals surface area contributed by atoms with E-state index in [9.17, 15) is 15.3 Å². The van der Waals surface area contributed by atoms with Gasteiger partial charge in [0.25, 0.3) is 0 Å². The molecular formula is C13H17N3O4. The minimum Gasteiger partial charge on any atom is -0.394 e. The van der Waals surface area contributed by atoms with E-state index in [1.165, 1.54) is 11.0 Å². The van der Waals surface area contributed by atoms with Gasteiger partial charge >= 0.3 is 0 Å². The van der Waals surface area contributed by atoms with Gasteiger partial charge in [-0.2, -0.15) is 15.0 Å². The highest BCUT2D eigenvalue weighted by Gasteiger charge is 2.27. The summed E-state index contributed by atoms with van der Waals surface area (Å²) in [5.41, 5.74) is 1.14. The molecule has 1 aromatic carbocycles. The van der Waals surface area contributed by atoms with Crippen LogP contribution >= 0.6 is 0 Å². The van der Waals surface area contributed by atoms with Crippen molar-refractivity contribution in [2.45, 2.75) is 24.9 Å². The third-order valence-corrected chi connectivity index (χ3v) is 2.93. The maximum atomic E-state index is 9.83. The van der Waals surface area contributed by atoms with Crippen LogP contribution in [0.3, 0.4) is 0 Å². The van der Waals surface area contributed by atoms with E-state index in [0.717, 1.165) is 5.56 Å². The number of aliphatic hydroxyl groups is 4. The monoisotopic (exact) mass is 279 g/mol.